The van der Waals surface area contributed by atoms with Crippen LogP contribution in [0.15, 0.2) is 24.3 Å². The van der Waals surface area contributed by atoms with E-state index in [9.17, 15) is 9.90 Å². The summed E-state index contributed by atoms with van der Waals surface area (Å²) in [6.07, 6.45) is 37.4. The number of nitrogens with zero attached hydrogens (tertiary/aromatic N) is 1. The van der Waals surface area contributed by atoms with E-state index in [2.05, 4.69) is 62.2 Å². The maximum atomic E-state index is 12.7. The van der Waals surface area contributed by atoms with E-state index in [-0.39, 0.29) is 38.2 Å². The minimum absolute atomic E-state index is 0.129. The molecule has 60 heavy (non-hydrogen) atoms. The average Bonchev–Trinajstić information content (AvgIpc) is 3.73. The summed E-state index contributed by atoms with van der Waals surface area (Å²) in [6, 6.07) is 0.438. The predicted octanol–water partition coefficient (Wildman–Crippen LogP) is 11.8. The summed E-state index contributed by atoms with van der Waals surface area (Å²) < 4.78 is 35.5. The Morgan fingerprint density at radius 3 is 1.88 bits per heavy atom. The van der Waals surface area contributed by atoms with Crippen LogP contribution in [0.25, 0.3) is 0 Å². The summed E-state index contributed by atoms with van der Waals surface area (Å²) in [5.74, 6) is -0.432. The van der Waals surface area contributed by atoms with Gasteiger partial charge in [0.1, 0.15) is 6.79 Å². The van der Waals surface area contributed by atoms with Crippen molar-refractivity contribution in [3.8, 4) is 0 Å². The van der Waals surface area contributed by atoms with Crippen LogP contribution < -0.4 is 5.32 Å². The fourth-order valence-electron chi connectivity index (χ4n) is 7.30. The number of ether oxygens (including phenoxy) is 6. The number of hydrogen-bond donors (Lipinski definition) is 2. The molecule has 0 aliphatic carbocycles. The molecule has 2 N–H and O–H groups in total. The molecule has 354 valence electrons. The third kappa shape index (κ3) is 37.2. The molecule has 3 atom stereocenters. The molecule has 0 spiro atoms. The zero-order valence-corrected chi connectivity index (χ0v) is 39.5. The van der Waals surface area contributed by atoms with Crippen LogP contribution in [0, 0.1) is 5.92 Å². The normalized spacial score (nSPS) is 15.9. The van der Waals surface area contributed by atoms with Gasteiger partial charge < -0.3 is 38.4 Å². The van der Waals surface area contributed by atoms with Crippen molar-refractivity contribution < 1.29 is 38.3 Å². The molecule has 1 fully saturated rings. The zero-order chi connectivity index (χ0) is 43.4. The number of aliphatic hydroxyl groups is 1. The fraction of sp³-hybridized carbons (Fsp3) is 0.900. The Morgan fingerprint density at radius 2 is 1.25 bits per heavy atom. The molecular weight excluding hydrogens is 757 g/mol. The molecule has 0 aromatic rings. The summed E-state index contributed by atoms with van der Waals surface area (Å²) in [5, 5.41) is 14.3. The lowest BCUT2D eigenvalue weighted by molar-refractivity contribution is -0.172. The van der Waals surface area contributed by atoms with Gasteiger partial charge in [0.05, 0.1) is 26.6 Å². The Labute approximate surface area is 369 Å². The van der Waals surface area contributed by atoms with Crippen LogP contribution in [-0.2, 0) is 33.2 Å². The Morgan fingerprint density at radius 1 is 0.667 bits per heavy atom. The number of aliphatic hydroxyl groups excluding tert-OH is 1. The highest BCUT2D eigenvalue weighted by atomic mass is 16.7. The lowest BCUT2D eigenvalue weighted by Gasteiger charge is -2.22. The van der Waals surface area contributed by atoms with E-state index in [1.165, 1.54) is 103 Å². The van der Waals surface area contributed by atoms with E-state index >= 15 is 0 Å². The molecule has 0 amide bonds. The molecule has 10 nitrogen and oxygen atoms in total. The van der Waals surface area contributed by atoms with E-state index < -0.39 is 6.29 Å². The van der Waals surface area contributed by atoms with Crippen molar-refractivity contribution in [3.05, 3.63) is 24.3 Å². The minimum Gasteiger partial charge on any atom is -0.465 e. The zero-order valence-electron chi connectivity index (χ0n) is 39.5. The largest absolute Gasteiger partial charge is 0.465 e. The third-order valence-corrected chi connectivity index (χ3v) is 11.3. The number of unbranched alkanes of at least 4 members (excludes halogenated alkanes) is 18. The van der Waals surface area contributed by atoms with Gasteiger partial charge in [-0.3, -0.25) is 10.1 Å². The molecule has 1 saturated heterocycles. The summed E-state index contributed by atoms with van der Waals surface area (Å²) in [7, 11) is 0. The van der Waals surface area contributed by atoms with E-state index in [1.807, 2.05) is 0 Å². The summed E-state index contributed by atoms with van der Waals surface area (Å²) in [6.45, 7) is 14.7. The van der Waals surface area contributed by atoms with Gasteiger partial charge >= 0.3 is 5.97 Å². The lowest BCUT2D eigenvalue weighted by atomic mass is 10.1. The molecule has 1 aliphatic rings. The van der Waals surface area contributed by atoms with Gasteiger partial charge in [0.25, 0.3) is 0 Å². The van der Waals surface area contributed by atoms with E-state index in [0.717, 1.165) is 71.0 Å². The van der Waals surface area contributed by atoms with Crippen molar-refractivity contribution in [2.24, 2.45) is 5.92 Å². The first-order valence-electron chi connectivity index (χ1n) is 25.1. The molecule has 0 bridgehead atoms. The highest BCUT2D eigenvalue weighted by molar-refractivity contribution is 5.69. The van der Waals surface area contributed by atoms with Crippen LogP contribution in [0.5, 0.6) is 0 Å². The van der Waals surface area contributed by atoms with Gasteiger partial charge in [-0.05, 0) is 70.9 Å². The number of rotatable bonds is 46. The van der Waals surface area contributed by atoms with Crippen LogP contribution in [-0.4, -0.2) is 101 Å². The quantitative estimate of drug-likeness (QED) is 0.0266. The molecule has 0 radical (unpaired) electrons. The van der Waals surface area contributed by atoms with Crippen molar-refractivity contribution in [2.45, 2.75) is 220 Å². The first-order chi connectivity index (χ1) is 29.5. The summed E-state index contributed by atoms with van der Waals surface area (Å²) in [4.78, 5) is 15.1. The van der Waals surface area contributed by atoms with Crippen molar-refractivity contribution in [2.75, 3.05) is 66.2 Å². The number of esters is 1. The molecule has 0 aromatic carbocycles. The van der Waals surface area contributed by atoms with Crippen LogP contribution >= 0.6 is 0 Å². The topological polar surface area (TPSA) is 108 Å². The van der Waals surface area contributed by atoms with Gasteiger partial charge in [-0.15, -0.1) is 0 Å². The number of allylic oxidation sites excluding steroid dienone is 4. The Balaban J connectivity index is 2.46. The summed E-state index contributed by atoms with van der Waals surface area (Å²) >= 11 is 0. The number of likely N-dealkylation sites (N-methyl/N-ethyl adjacent to an activating group) is 1. The highest BCUT2D eigenvalue weighted by Gasteiger charge is 2.21. The van der Waals surface area contributed by atoms with Crippen LogP contribution in [0.4, 0.5) is 0 Å². The monoisotopic (exact) mass is 853 g/mol. The number of nitrogens with one attached hydrogen (secondary N) is 1. The molecule has 0 aromatic heterocycles. The molecule has 1 rings (SSSR count). The average molecular weight is 853 g/mol. The van der Waals surface area contributed by atoms with E-state index in [4.69, 9.17) is 28.4 Å². The SMILES string of the molecule is CCCCC/C=C\C/C=C\CCCCCCCC(=O)OCC(COCOCNC1CCN(CC)C1)CO[C@H](O)CCC(OCCCCCCCC)OCCCCCCCC. The second-order valence-corrected chi connectivity index (χ2v) is 17.0. The van der Waals surface area contributed by atoms with E-state index in [1.54, 1.807) is 0 Å². The van der Waals surface area contributed by atoms with Gasteiger partial charge in [0.15, 0.2) is 12.6 Å². The second kappa shape index (κ2) is 44.2. The van der Waals surface area contributed by atoms with Crippen LogP contribution in [0.1, 0.15) is 201 Å². The lowest BCUT2D eigenvalue weighted by Crippen LogP contribution is -2.34. The van der Waals surface area contributed by atoms with Crippen LogP contribution in [0.2, 0.25) is 0 Å². The molecule has 10 heteroatoms. The van der Waals surface area contributed by atoms with Gasteiger partial charge in [-0.2, -0.15) is 0 Å². The minimum atomic E-state index is -0.983. The first kappa shape index (κ1) is 56.6. The molecule has 2 unspecified atom stereocenters. The predicted molar refractivity (Wildman–Crippen MR) is 248 cm³/mol. The van der Waals surface area contributed by atoms with E-state index in [0.29, 0.717) is 51.9 Å². The van der Waals surface area contributed by atoms with Gasteiger partial charge in [0.2, 0.25) is 0 Å². The standard InChI is InChI=1S/C50H96N2O8/c1-5-9-12-15-18-19-20-21-22-23-24-25-26-27-30-33-48(53)59-42-46(41-55-45-56-44-51-47-36-37-52(8-4)40-47)43-60-49(54)34-35-50(57-38-31-28-16-13-10-6-2)58-39-32-29-17-14-11-7-3/h18-19,21-22,46-47,49-51,54H,5-17,20,23-45H2,1-4H3/b19-18-,22-21-/t46?,47?,49-/m0/s1. The van der Waals surface area contributed by atoms with Crippen molar-refractivity contribution >= 4 is 5.97 Å². The Bertz CT molecular complexity index is 951. The third-order valence-electron chi connectivity index (χ3n) is 11.3. The summed E-state index contributed by atoms with van der Waals surface area (Å²) in [5.41, 5.74) is 0. The number of carbonyl (C=O) groups is 1. The first-order valence-corrected chi connectivity index (χ1v) is 25.1. The Kier molecular flexibility index (Phi) is 41.8. The van der Waals surface area contributed by atoms with Crippen molar-refractivity contribution in [1.29, 1.82) is 0 Å². The van der Waals surface area contributed by atoms with Crippen molar-refractivity contribution in [1.82, 2.24) is 10.2 Å². The van der Waals surface area contributed by atoms with Gasteiger partial charge in [-0.1, -0.05) is 148 Å². The second-order valence-electron chi connectivity index (χ2n) is 17.0. The number of hydrogen-bond acceptors (Lipinski definition) is 10. The van der Waals surface area contributed by atoms with Crippen molar-refractivity contribution in [3.63, 3.8) is 0 Å². The maximum absolute atomic E-state index is 12.7. The maximum Gasteiger partial charge on any atom is 0.305 e. The fourth-order valence-corrected chi connectivity index (χ4v) is 7.30. The molecule has 0 saturated carbocycles. The highest BCUT2D eigenvalue weighted by Crippen LogP contribution is 2.15. The molecular formula is C50H96N2O8. The Hall–Kier alpha value is -1.37. The molecule has 1 aliphatic heterocycles. The molecule has 1 heterocycles. The van der Waals surface area contributed by atoms with Gasteiger partial charge in [-0.25, -0.2) is 0 Å². The number of likely N-dealkylation sites (tertiary alicyclic amines) is 1. The number of carbonyl (C=O) groups excluding carboxylic acids is 1. The smallest absolute Gasteiger partial charge is 0.305 e. The van der Waals surface area contributed by atoms with Crippen LogP contribution in [0.3, 0.4) is 0 Å². The van der Waals surface area contributed by atoms with Gasteiger partial charge in [0, 0.05) is 51.0 Å².